The smallest absolute Gasteiger partial charge is 0.222 e. The molecule has 0 saturated carbocycles. The molecule has 6 heteroatoms. The Labute approximate surface area is 165 Å². The molecule has 1 aromatic heterocycles. The molecule has 3 rings (SSSR count). The number of hydrogen-bond acceptors (Lipinski definition) is 4. The molecular formula is C21H26ClN3O2. The van der Waals surface area contributed by atoms with Gasteiger partial charge in [-0.1, -0.05) is 23.7 Å². The summed E-state index contributed by atoms with van der Waals surface area (Å²) in [5.41, 5.74) is 2.06. The molecule has 0 spiro atoms. The van der Waals surface area contributed by atoms with Crippen molar-refractivity contribution < 1.29 is 9.53 Å². The van der Waals surface area contributed by atoms with Crippen LogP contribution in [0.15, 0.2) is 42.6 Å². The van der Waals surface area contributed by atoms with E-state index in [0.717, 1.165) is 62.6 Å². The van der Waals surface area contributed by atoms with Gasteiger partial charge in [0.2, 0.25) is 5.91 Å². The maximum Gasteiger partial charge on any atom is 0.222 e. The van der Waals surface area contributed by atoms with Crippen molar-refractivity contribution in [3.05, 3.63) is 58.9 Å². The largest absolute Gasteiger partial charge is 0.497 e. The molecule has 0 atom stereocenters. The van der Waals surface area contributed by atoms with E-state index in [1.807, 2.05) is 41.3 Å². The number of ether oxygens (including phenoxy) is 1. The zero-order chi connectivity index (χ0) is 19.1. The van der Waals surface area contributed by atoms with Gasteiger partial charge in [-0.3, -0.25) is 14.7 Å². The van der Waals surface area contributed by atoms with E-state index in [1.54, 1.807) is 13.3 Å². The van der Waals surface area contributed by atoms with Gasteiger partial charge in [0.25, 0.3) is 0 Å². The molecule has 2 aromatic rings. The first kappa shape index (κ1) is 19.6. The van der Waals surface area contributed by atoms with E-state index < -0.39 is 0 Å². The molecule has 1 aliphatic heterocycles. The SMILES string of the molecule is COc1ccc(CCC(=O)N2CCCN(Cc3ncccc3Cl)CC2)cc1. The molecule has 0 unspecified atom stereocenters. The number of aromatic nitrogens is 1. The highest BCUT2D eigenvalue weighted by molar-refractivity contribution is 6.31. The van der Waals surface area contributed by atoms with Crippen LogP contribution in [0.1, 0.15) is 24.1 Å². The third kappa shape index (κ3) is 5.68. The lowest BCUT2D eigenvalue weighted by Crippen LogP contribution is -2.35. The molecule has 1 aromatic carbocycles. The molecule has 5 nitrogen and oxygen atoms in total. The molecule has 27 heavy (non-hydrogen) atoms. The highest BCUT2D eigenvalue weighted by Crippen LogP contribution is 2.17. The molecule has 1 aliphatic rings. The van der Waals surface area contributed by atoms with E-state index in [9.17, 15) is 4.79 Å². The third-order valence-corrected chi connectivity index (χ3v) is 5.28. The Hall–Kier alpha value is -2.11. The van der Waals surface area contributed by atoms with Gasteiger partial charge in [-0.2, -0.15) is 0 Å². The molecule has 1 saturated heterocycles. The number of hydrogen-bond donors (Lipinski definition) is 0. The number of carbonyl (C=O) groups is 1. The number of amides is 1. The van der Waals surface area contributed by atoms with Crippen LogP contribution in [-0.2, 0) is 17.8 Å². The monoisotopic (exact) mass is 387 g/mol. The van der Waals surface area contributed by atoms with Crippen LogP contribution in [0.3, 0.4) is 0 Å². The predicted molar refractivity (Wildman–Crippen MR) is 107 cm³/mol. The summed E-state index contributed by atoms with van der Waals surface area (Å²) in [6.45, 7) is 4.10. The minimum Gasteiger partial charge on any atom is -0.497 e. The van der Waals surface area contributed by atoms with Gasteiger partial charge in [-0.05, 0) is 42.7 Å². The van der Waals surface area contributed by atoms with Crippen molar-refractivity contribution in [3.63, 3.8) is 0 Å². The standard InChI is InChI=1S/C21H26ClN3O2/c1-27-18-8-5-17(6-9-18)7-10-21(26)25-13-3-12-24(14-15-25)16-20-19(22)4-2-11-23-20/h2,4-6,8-9,11H,3,7,10,12-16H2,1H3. The van der Waals surface area contributed by atoms with Crippen LogP contribution in [0.4, 0.5) is 0 Å². The van der Waals surface area contributed by atoms with Gasteiger partial charge in [0, 0.05) is 45.3 Å². The van der Waals surface area contributed by atoms with Gasteiger partial charge in [0.15, 0.2) is 0 Å². The van der Waals surface area contributed by atoms with Crippen molar-refractivity contribution >= 4 is 17.5 Å². The fourth-order valence-electron chi connectivity index (χ4n) is 3.33. The zero-order valence-electron chi connectivity index (χ0n) is 15.7. The maximum absolute atomic E-state index is 12.6. The Morgan fingerprint density at radius 3 is 2.70 bits per heavy atom. The number of rotatable bonds is 6. The minimum atomic E-state index is 0.225. The summed E-state index contributed by atoms with van der Waals surface area (Å²) < 4.78 is 5.17. The Kier molecular flexibility index (Phi) is 7.07. The second kappa shape index (κ2) is 9.72. The van der Waals surface area contributed by atoms with Crippen LogP contribution in [0.25, 0.3) is 0 Å². The van der Waals surface area contributed by atoms with Gasteiger partial charge in [-0.15, -0.1) is 0 Å². The number of methoxy groups -OCH3 is 1. The minimum absolute atomic E-state index is 0.225. The van der Waals surface area contributed by atoms with Crippen LogP contribution < -0.4 is 4.74 Å². The first-order chi connectivity index (χ1) is 13.2. The first-order valence-corrected chi connectivity index (χ1v) is 9.76. The van der Waals surface area contributed by atoms with Crippen LogP contribution in [0.5, 0.6) is 5.75 Å². The van der Waals surface area contributed by atoms with Gasteiger partial charge in [-0.25, -0.2) is 0 Å². The van der Waals surface area contributed by atoms with Crippen LogP contribution in [-0.4, -0.2) is 54.0 Å². The summed E-state index contributed by atoms with van der Waals surface area (Å²) in [5.74, 6) is 1.06. The van der Waals surface area contributed by atoms with E-state index >= 15 is 0 Å². The van der Waals surface area contributed by atoms with Crippen molar-refractivity contribution in [2.45, 2.75) is 25.8 Å². The predicted octanol–water partition coefficient (Wildman–Crippen LogP) is 3.41. The molecule has 1 fully saturated rings. The first-order valence-electron chi connectivity index (χ1n) is 9.38. The Morgan fingerprint density at radius 2 is 1.96 bits per heavy atom. The van der Waals surface area contributed by atoms with Crippen molar-refractivity contribution in [2.24, 2.45) is 0 Å². The average Bonchev–Trinajstić information content (AvgIpc) is 2.94. The third-order valence-electron chi connectivity index (χ3n) is 4.94. The summed E-state index contributed by atoms with van der Waals surface area (Å²) in [6, 6.07) is 11.6. The summed E-state index contributed by atoms with van der Waals surface area (Å²) in [7, 11) is 1.66. The van der Waals surface area contributed by atoms with Crippen molar-refractivity contribution in [1.29, 1.82) is 0 Å². The molecule has 1 amide bonds. The Bertz CT molecular complexity index is 751. The number of nitrogens with zero attached hydrogens (tertiary/aromatic N) is 3. The fourth-order valence-corrected chi connectivity index (χ4v) is 3.51. The Balaban J connectivity index is 1.48. The molecule has 0 aliphatic carbocycles. The van der Waals surface area contributed by atoms with Crippen LogP contribution in [0.2, 0.25) is 5.02 Å². The lowest BCUT2D eigenvalue weighted by molar-refractivity contribution is -0.131. The lowest BCUT2D eigenvalue weighted by atomic mass is 10.1. The molecule has 2 heterocycles. The van der Waals surface area contributed by atoms with Crippen molar-refractivity contribution in [3.8, 4) is 5.75 Å². The molecule has 0 bridgehead atoms. The summed E-state index contributed by atoms with van der Waals surface area (Å²) in [6.07, 6.45) is 4.04. The average molecular weight is 388 g/mol. The summed E-state index contributed by atoms with van der Waals surface area (Å²) in [4.78, 5) is 21.3. The van der Waals surface area contributed by atoms with Crippen LogP contribution >= 0.6 is 11.6 Å². The second-order valence-electron chi connectivity index (χ2n) is 6.79. The van der Waals surface area contributed by atoms with E-state index in [0.29, 0.717) is 11.4 Å². The van der Waals surface area contributed by atoms with E-state index in [1.165, 1.54) is 0 Å². The van der Waals surface area contributed by atoms with Gasteiger partial charge in [0.1, 0.15) is 5.75 Å². The van der Waals surface area contributed by atoms with E-state index in [2.05, 4.69) is 9.88 Å². The van der Waals surface area contributed by atoms with Crippen molar-refractivity contribution in [2.75, 3.05) is 33.3 Å². The summed E-state index contributed by atoms with van der Waals surface area (Å²) in [5, 5.41) is 0.703. The van der Waals surface area contributed by atoms with Crippen molar-refractivity contribution in [1.82, 2.24) is 14.8 Å². The lowest BCUT2D eigenvalue weighted by Gasteiger charge is -2.22. The maximum atomic E-state index is 12.6. The van der Waals surface area contributed by atoms with E-state index in [-0.39, 0.29) is 5.91 Å². The number of pyridine rings is 1. The number of carbonyl (C=O) groups excluding carboxylic acids is 1. The van der Waals surface area contributed by atoms with Gasteiger partial charge in [0.05, 0.1) is 17.8 Å². The highest BCUT2D eigenvalue weighted by Gasteiger charge is 2.19. The molecular weight excluding hydrogens is 362 g/mol. The number of benzene rings is 1. The second-order valence-corrected chi connectivity index (χ2v) is 7.20. The molecule has 0 N–H and O–H groups in total. The molecule has 0 radical (unpaired) electrons. The van der Waals surface area contributed by atoms with Gasteiger partial charge >= 0.3 is 0 Å². The summed E-state index contributed by atoms with van der Waals surface area (Å²) >= 11 is 6.22. The van der Waals surface area contributed by atoms with Crippen LogP contribution in [0, 0.1) is 0 Å². The van der Waals surface area contributed by atoms with Gasteiger partial charge < -0.3 is 9.64 Å². The number of aryl methyl sites for hydroxylation is 1. The normalized spacial score (nSPS) is 15.4. The van der Waals surface area contributed by atoms with E-state index in [4.69, 9.17) is 16.3 Å². The fraction of sp³-hybridized carbons (Fsp3) is 0.429. The molecule has 144 valence electrons. The highest BCUT2D eigenvalue weighted by atomic mass is 35.5. The topological polar surface area (TPSA) is 45.7 Å². The Morgan fingerprint density at radius 1 is 1.15 bits per heavy atom. The quantitative estimate of drug-likeness (QED) is 0.762. The number of halogens is 1. The zero-order valence-corrected chi connectivity index (χ0v) is 16.5.